The Kier molecular flexibility index (Phi) is 5.87. The van der Waals surface area contributed by atoms with E-state index in [1.807, 2.05) is 12.1 Å². The lowest BCUT2D eigenvalue weighted by Crippen LogP contribution is -2.45. The fraction of sp³-hybridized carbons (Fsp3) is 0.278. The summed E-state index contributed by atoms with van der Waals surface area (Å²) < 4.78 is 10.1. The lowest BCUT2D eigenvalue weighted by Gasteiger charge is -2.43. The molecule has 0 aliphatic heterocycles. The second-order valence-electron chi connectivity index (χ2n) is 6.15. The van der Waals surface area contributed by atoms with Gasteiger partial charge in [0.15, 0.2) is 0 Å². The molecule has 0 bridgehead atoms. The van der Waals surface area contributed by atoms with Gasteiger partial charge in [0.05, 0.1) is 4.75 Å². The van der Waals surface area contributed by atoms with Crippen LogP contribution in [0.4, 0.5) is 0 Å². The van der Waals surface area contributed by atoms with Crippen LogP contribution in [0.5, 0.6) is 0 Å². The molecule has 1 amide bonds. The number of halogens is 2. The van der Waals surface area contributed by atoms with Crippen molar-refractivity contribution in [2.75, 3.05) is 6.26 Å². The third-order valence-corrected chi connectivity index (χ3v) is 8.05. The van der Waals surface area contributed by atoms with Gasteiger partial charge in [0, 0.05) is 21.5 Å². The van der Waals surface area contributed by atoms with Crippen molar-refractivity contribution in [3.8, 4) is 0 Å². The predicted octanol–water partition coefficient (Wildman–Crippen LogP) is 5.35. The first-order chi connectivity index (χ1) is 11.1. The van der Waals surface area contributed by atoms with Crippen LogP contribution in [0, 0.1) is 0 Å². The number of nitrogens with one attached hydrogen (secondary N) is 1. The zero-order chi connectivity index (χ0) is 18.0. The highest BCUT2D eigenvalue weighted by Crippen LogP contribution is 2.59. The quantitative estimate of drug-likeness (QED) is 0.727. The Morgan fingerprint density at radius 1 is 1.04 bits per heavy atom. The van der Waals surface area contributed by atoms with Crippen LogP contribution in [-0.4, -0.2) is 21.5 Å². The van der Waals surface area contributed by atoms with Crippen molar-refractivity contribution in [3.63, 3.8) is 0 Å². The number of rotatable bonds is 5. The van der Waals surface area contributed by atoms with Crippen LogP contribution in [0.15, 0.2) is 53.4 Å². The van der Waals surface area contributed by atoms with Gasteiger partial charge in [0.1, 0.15) is 0 Å². The highest BCUT2D eigenvalue weighted by molar-refractivity contribution is 8.30. The van der Waals surface area contributed by atoms with E-state index in [0.717, 1.165) is 10.5 Å². The molecule has 2 aromatic carbocycles. The summed E-state index contributed by atoms with van der Waals surface area (Å²) in [7, 11) is -2.36. The van der Waals surface area contributed by atoms with E-state index >= 15 is 0 Å². The molecule has 0 fully saturated rings. The monoisotopic (exact) mass is 385 g/mol. The minimum Gasteiger partial charge on any atom is -0.351 e. The first-order valence-corrected chi connectivity index (χ1v) is 10.2. The molecule has 1 unspecified atom stereocenters. The van der Waals surface area contributed by atoms with Gasteiger partial charge in [-0.3, -0.25) is 4.79 Å². The van der Waals surface area contributed by atoms with Crippen molar-refractivity contribution in [1.82, 2.24) is 5.32 Å². The highest BCUT2D eigenvalue weighted by Gasteiger charge is 2.42. The fourth-order valence-electron chi connectivity index (χ4n) is 2.17. The summed E-state index contributed by atoms with van der Waals surface area (Å²) in [4.78, 5) is 13.4. The number of hydrogen-bond acceptors (Lipinski definition) is 2. The molecule has 0 spiro atoms. The van der Waals surface area contributed by atoms with Crippen molar-refractivity contribution in [2.45, 2.75) is 30.0 Å². The van der Waals surface area contributed by atoms with Crippen molar-refractivity contribution in [3.05, 3.63) is 64.1 Å². The van der Waals surface area contributed by atoms with E-state index in [-0.39, 0.29) is 5.91 Å². The van der Waals surface area contributed by atoms with Gasteiger partial charge in [-0.2, -0.15) is 0 Å². The molecule has 130 valence electrons. The summed E-state index contributed by atoms with van der Waals surface area (Å²) in [5.41, 5.74) is 0.949. The Labute approximate surface area is 154 Å². The number of benzene rings is 2. The standard InChI is InChI=1S/C18H21Cl2NO2S/c1-18(2,24(3,23)16-10-8-15(20)9-11-16)17(22)21-12-13-4-6-14(19)7-5-13/h4-11,23H,12H2,1-3H3,(H,21,22). The Morgan fingerprint density at radius 3 is 2.00 bits per heavy atom. The molecule has 0 aliphatic carbocycles. The summed E-state index contributed by atoms with van der Waals surface area (Å²) in [5, 5.41) is 4.15. The molecule has 0 aliphatic rings. The van der Waals surface area contributed by atoms with E-state index in [2.05, 4.69) is 5.32 Å². The van der Waals surface area contributed by atoms with Gasteiger partial charge >= 0.3 is 0 Å². The SMILES string of the molecule is CC(C)(C(=O)NCc1ccc(Cl)cc1)S(C)(O)c1ccc(Cl)cc1. The maximum Gasteiger partial charge on any atom is 0.236 e. The molecule has 2 aromatic rings. The largest absolute Gasteiger partial charge is 0.351 e. The maximum absolute atomic E-state index is 12.7. The molecule has 1 atom stereocenters. The highest BCUT2D eigenvalue weighted by atomic mass is 35.5. The van der Waals surface area contributed by atoms with Gasteiger partial charge in [-0.15, -0.1) is 10.3 Å². The van der Waals surface area contributed by atoms with Crippen LogP contribution >= 0.6 is 33.5 Å². The maximum atomic E-state index is 12.7. The zero-order valence-electron chi connectivity index (χ0n) is 13.8. The number of hydrogen-bond donors (Lipinski definition) is 2. The molecular formula is C18H21Cl2NO2S. The first kappa shape index (κ1) is 19.1. The van der Waals surface area contributed by atoms with Crippen molar-refractivity contribution in [2.24, 2.45) is 0 Å². The molecule has 0 radical (unpaired) electrons. The van der Waals surface area contributed by atoms with Crippen molar-refractivity contribution >= 4 is 39.4 Å². The fourth-order valence-corrected chi connectivity index (χ4v) is 4.11. The van der Waals surface area contributed by atoms with Gasteiger partial charge < -0.3 is 9.87 Å². The van der Waals surface area contributed by atoms with Gasteiger partial charge in [-0.25, -0.2) is 0 Å². The summed E-state index contributed by atoms with van der Waals surface area (Å²) in [6.07, 6.45) is 1.72. The second kappa shape index (κ2) is 7.36. The molecule has 2 N–H and O–H groups in total. The van der Waals surface area contributed by atoms with Crippen molar-refractivity contribution in [1.29, 1.82) is 0 Å². The Bertz CT molecular complexity index is 713. The van der Waals surface area contributed by atoms with E-state index in [1.165, 1.54) is 0 Å². The Morgan fingerprint density at radius 2 is 1.50 bits per heavy atom. The number of amides is 1. The lowest BCUT2D eigenvalue weighted by molar-refractivity contribution is -0.123. The van der Waals surface area contributed by atoms with Crippen LogP contribution in [0.2, 0.25) is 10.0 Å². The lowest BCUT2D eigenvalue weighted by atomic mass is 10.1. The van der Waals surface area contributed by atoms with Crippen LogP contribution in [0.25, 0.3) is 0 Å². The summed E-state index contributed by atoms with van der Waals surface area (Å²) >= 11 is 11.8. The van der Waals surface area contributed by atoms with Gasteiger partial charge in [0.2, 0.25) is 5.91 Å². The Hall–Kier alpha value is -1.20. The minimum atomic E-state index is -2.36. The molecule has 0 saturated heterocycles. The second-order valence-corrected chi connectivity index (χ2v) is 10.3. The van der Waals surface area contributed by atoms with Crippen LogP contribution in [0.1, 0.15) is 19.4 Å². The van der Waals surface area contributed by atoms with Crippen molar-refractivity contribution < 1.29 is 9.35 Å². The molecule has 2 rings (SSSR count). The molecule has 0 heterocycles. The van der Waals surface area contributed by atoms with Crippen LogP contribution in [-0.2, 0) is 11.3 Å². The topological polar surface area (TPSA) is 49.3 Å². The smallest absolute Gasteiger partial charge is 0.236 e. The van der Waals surface area contributed by atoms with Gasteiger partial charge in [-0.1, -0.05) is 35.3 Å². The number of carbonyl (C=O) groups excluding carboxylic acids is 1. The average molecular weight is 386 g/mol. The van der Waals surface area contributed by atoms with Gasteiger partial charge in [0.25, 0.3) is 0 Å². The third-order valence-electron chi connectivity index (χ3n) is 4.18. The van der Waals surface area contributed by atoms with Crippen LogP contribution in [0.3, 0.4) is 0 Å². The molecule has 0 saturated carbocycles. The Balaban J connectivity index is 2.13. The predicted molar refractivity (Wildman–Crippen MR) is 103 cm³/mol. The molecule has 6 heteroatoms. The van der Waals surface area contributed by atoms with E-state index in [1.54, 1.807) is 56.5 Å². The van der Waals surface area contributed by atoms with Crippen LogP contribution < -0.4 is 5.32 Å². The van der Waals surface area contributed by atoms with E-state index in [4.69, 9.17) is 23.2 Å². The summed E-state index contributed by atoms with van der Waals surface area (Å²) in [6.45, 7) is 3.90. The average Bonchev–Trinajstić information content (AvgIpc) is 2.54. The summed E-state index contributed by atoms with van der Waals surface area (Å²) in [6, 6.07) is 14.3. The van der Waals surface area contributed by atoms with E-state index in [0.29, 0.717) is 16.6 Å². The normalized spacial score (nSPS) is 15.4. The molecular weight excluding hydrogens is 365 g/mol. The zero-order valence-corrected chi connectivity index (χ0v) is 16.2. The molecule has 0 aromatic heterocycles. The van der Waals surface area contributed by atoms with E-state index in [9.17, 15) is 9.35 Å². The van der Waals surface area contributed by atoms with E-state index < -0.39 is 15.1 Å². The molecule has 3 nitrogen and oxygen atoms in total. The number of carbonyl (C=O) groups is 1. The first-order valence-electron chi connectivity index (χ1n) is 7.43. The molecule has 24 heavy (non-hydrogen) atoms. The third kappa shape index (κ3) is 4.06. The van der Waals surface area contributed by atoms with Gasteiger partial charge in [-0.05, 0) is 62.1 Å². The summed E-state index contributed by atoms with van der Waals surface area (Å²) in [5.74, 6) is -0.201. The minimum absolute atomic E-state index is 0.201.